The van der Waals surface area contributed by atoms with E-state index in [0.717, 1.165) is 22.4 Å². The average molecular weight is 318 g/mol. The Morgan fingerprint density at radius 3 is 2.32 bits per heavy atom. The highest BCUT2D eigenvalue weighted by molar-refractivity contribution is 6.32. The fourth-order valence-electron chi connectivity index (χ4n) is 2.42. The van der Waals surface area contributed by atoms with E-state index in [2.05, 4.69) is 5.32 Å². The molecule has 4 heteroatoms. The Hall–Kier alpha value is -2.00. The van der Waals surface area contributed by atoms with Crippen molar-refractivity contribution in [3.8, 4) is 5.75 Å². The van der Waals surface area contributed by atoms with E-state index in [0.29, 0.717) is 10.8 Å². The minimum Gasteiger partial charge on any atom is -0.482 e. The summed E-state index contributed by atoms with van der Waals surface area (Å²) in [4.78, 5) is 12.1. The third kappa shape index (κ3) is 4.01. The van der Waals surface area contributed by atoms with Gasteiger partial charge >= 0.3 is 0 Å². The van der Waals surface area contributed by atoms with Gasteiger partial charge < -0.3 is 10.1 Å². The zero-order chi connectivity index (χ0) is 16.3. The number of halogens is 1. The van der Waals surface area contributed by atoms with Gasteiger partial charge in [0.05, 0.1) is 5.02 Å². The monoisotopic (exact) mass is 317 g/mol. The molecule has 0 aromatic heterocycles. The van der Waals surface area contributed by atoms with Crippen LogP contribution in [0, 0.1) is 27.7 Å². The van der Waals surface area contributed by atoms with Gasteiger partial charge in [0, 0.05) is 5.69 Å². The molecule has 0 saturated heterocycles. The number of amides is 1. The maximum atomic E-state index is 12.1. The van der Waals surface area contributed by atoms with Crippen LogP contribution in [0.2, 0.25) is 5.02 Å². The number of hydrogen-bond donors (Lipinski definition) is 1. The van der Waals surface area contributed by atoms with Crippen molar-refractivity contribution in [2.24, 2.45) is 0 Å². The lowest BCUT2D eigenvalue weighted by atomic mass is 10.1. The molecule has 116 valence electrons. The quantitative estimate of drug-likeness (QED) is 0.895. The Balaban J connectivity index is 2.03. The Kier molecular flexibility index (Phi) is 5.09. The van der Waals surface area contributed by atoms with Crippen molar-refractivity contribution in [2.75, 3.05) is 11.9 Å². The van der Waals surface area contributed by atoms with E-state index in [-0.39, 0.29) is 12.5 Å². The molecular weight excluding hydrogens is 298 g/mol. The summed E-state index contributed by atoms with van der Waals surface area (Å²) in [5.74, 6) is 0.321. The Morgan fingerprint density at radius 2 is 1.68 bits per heavy atom. The number of carbonyl (C=O) groups is 1. The number of rotatable bonds is 4. The van der Waals surface area contributed by atoms with Gasteiger partial charge in [-0.3, -0.25) is 4.79 Å². The second kappa shape index (κ2) is 6.84. The van der Waals surface area contributed by atoms with Crippen LogP contribution in [-0.2, 0) is 4.79 Å². The SMILES string of the molecule is Cc1cc(C)c(NC(=O)COc2cc(C)ccc2Cl)c(C)c1. The molecule has 0 atom stereocenters. The third-order valence-corrected chi connectivity index (χ3v) is 3.70. The van der Waals surface area contributed by atoms with Crippen LogP contribution < -0.4 is 10.1 Å². The van der Waals surface area contributed by atoms with Gasteiger partial charge in [0.2, 0.25) is 0 Å². The van der Waals surface area contributed by atoms with Crippen molar-refractivity contribution in [3.63, 3.8) is 0 Å². The van der Waals surface area contributed by atoms with Crippen LogP contribution in [0.5, 0.6) is 5.75 Å². The van der Waals surface area contributed by atoms with Gasteiger partial charge in [0.25, 0.3) is 5.91 Å². The topological polar surface area (TPSA) is 38.3 Å². The molecule has 0 saturated carbocycles. The maximum Gasteiger partial charge on any atom is 0.262 e. The van der Waals surface area contributed by atoms with Crippen LogP contribution >= 0.6 is 11.6 Å². The van der Waals surface area contributed by atoms with E-state index in [9.17, 15) is 4.79 Å². The molecule has 2 aromatic carbocycles. The van der Waals surface area contributed by atoms with Crippen molar-refractivity contribution in [1.29, 1.82) is 0 Å². The number of nitrogens with one attached hydrogen (secondary N) is 1. The van der Waals surface area contributed by atoms with Gasteiger partial charge in [-0.2, -0.15) is 0 Å². The molecule has 1 amide bonds. The lowest BCUT2D eigenvalue weighted by molar-refractivity contribution is -0.118. The Bertz CT molecular complexity index is 687. The molecule has 0 unspecified atom stereocenters. The molecule has 3 nitrogen and oxygen atoms in total. The molecule has 2 aromatic rings. The molecular formula is C18H20ClNO2. The first kappa shape index (κ1) is 16.4. The van der Waals surface area contributed by atoms with E-state index < -0.39 is 0 Å². The summed E-state index contributed by atoms with van der Waals surface area (Å²) in [7, 11) is 0. The van der Waals surface area contributed by atoms with Gasteiger partial charge in [0.1, 0.15) is 5.75 Å². The molecule has 1 N–H and O–H groups in total. The number of aryl methyl sites for hydroxylation is 4. The van der Waals surface area contributed by atoms with Gasteiger partial charge in [-0.25, -0.2) is 0 Å². The first-order chi connectivity index (χ1) is 10.4. The van der Waals surface area contributed by atoms with Crippen LogP contribution in [0.25, 0.3) is 0 Å². The van der Waals surface area contributed by atoms with Crippen molar-refractivity contribution in [3.05, 3.63) is 57.6 Å². The Morgan fingerprint density at radius 1 is 1.05 bits per heavy atom. The number of benzene rings is 2. The predicted molar refractivity (Wildman–Crippen MR) is 91.0 cm³/mol. The number of hydrogen-bond acceptors (Lipinski definition) is 2. The smallest absolute Gasteiger partial charge is 0.262 e. The number of ether oxygens (including phenoxy) is 1. The van der Waals surface area contributed by atoms with Crippen molar-refractivity contribution in [2.45, 2.75) is 27.7 Å². The normalized spacial score (nSPS) is 10.4. The number of anilines is 1. The van der Waals surface area contributed by atoms with Crippen LogP contribution in [0.4, 0.5) is 5.69 Å². The molecule has 0 bridgehead atoms. The molecule has 0 aliphatic carbocycles. The summed E-state index contributed by atoms with van der Waals surface area (Å²) >= 11 is 6.05. The molecule has 0 aliphatic heterocycles. The molecule has 0 fully saturated rings. The Labute approximate surface area is 136 Å². The van der Waals surface area contributed by atoms with Gasteiger partial charge in [-0.1, -0.05) is 35.4 Å². The van der Waals surface area contributed by atoms with E-state index in [1.807, 2.05) is 52.0 Å². The van der Waals surface area contributed by atoms with E-state index in [4.69, 9.17) is 16.3 Å². The molecule has 0 spiro atoms. The highest BCUT2D eigenvalue weighted by Gasteiger charge is 2.10. The largest absolute Gasteiger partial charge is 0.482 e. The van der Waals surface area contributed by atoms with Gasteiger partial charge in [0.15, 0.2) is 6.61 Å². The maximum absolute atomic E-state index is 12.1. The van der Waals surface area contributed by atoms with E-state index in [1.165, 1.54) is 5.56 Å². The summed E-state index contributed by atoms with van der Waals surface area (Å²) in [6, 6.07) is 9.56. The standard InChI is InChI=1S/C18H20ClNO2/c1-11-5-6-15(19)16(9-11)22-10-17(21)20-18-13(3)7-12(2)8-14(18)4/h5-9H,10H2,1-4H3,(H,20,21). The molecule has 2 rings (SSSR count). The summed E-state index contributed by atoms with van der Waals surface area (Å²) < 4.78 is 5.51. The first-order valence-corrected chi connectivity index (χ1v) is 7.51. The summed E-state index contributed by atoms with van der Waals surface area (Å²) in [6.07, 6.45) is 0. The van der Waals surface area contributed by atoms with Gasteiger partial charge in [-0.05, 0) is 56.5 Å². The summed E-state index contributed by atoms with van der Waals surface area (Å²) in [5, 5.41) is 3.40. The fourth-order valence-corrected chi connectivity index (χ4v) is 2.59. The summed E-state index contributed by atoms with van der Waals surface area (Å²) in [6.45, 7) is 7.87. The fraction of sp³-hybridized carbons (Fsp3) is 0.278. The molecule has 22 heavy (non-hydrogen) atoms. The lowest BCUT2D eigenvalue weighted by Crippen LogP contribution is -2.21. The highest BCUT2D eigenvalue weighted by atomic mass is 35.5. The second-order valence-corrected chi connectivity index (χ2v) is 5.95. The van der Waals surface area contributed by atoms with Gasteiger partial charge in [-0.15, -0.1) is 0 Å². The van der Waals surface area contributed by atoms with Crippen molar-refractivity contribution in [1.82, 2.24) is 0 Å². The zero-order valence-electron chi connectivity index (χ0n) is 13.3. The lowest BCUT2D eigenvalue weighted by Gasteiger charge is -2.14. The van der Waals surface area contributed by atoms with Crippen LogP contribution in [-0.4, -0.2) is 12.5 Å². The van der Waals surface area contributed by atoms with E-state index >= 15 is 0 Å². The van der Waals surface area contributed by atoms with Crippen LogP contribution in [0.3, 0.4) is 0 Å². The highest BCUT2D eigenvalue weighted by Crippen LogP contribution is 2.25. The van der Waals surface area contributed by atoms with Crippen LogP contribution in [0.15, 0.2) is 30.3 Å². The second-order valence-electron chi connectivity index (χ2n) is 5.54. The first-order valence-electron chi connectivity index (χ1n) is 7.13. The van der Waals surface area contributed by atoms with Crippen molar-refractivity contribution >= 4 is 23.2 Å². The molecule has 0 radical (unpaired) electrons. The van der Waals surface area contributed by atoms with Crippen LogP contribution in [0.1, 0.15) is 22.3 Å². The average Bonchev–Trinajstić information content (AvgIpc) is 2.44. The van der Waals surface area contributed by atoms with Crippen molar-refractivity contribution < 1.29 is 9.53 Å². The zero-order valence-corrected chi connectivity index (χ0v) is 14.0. The minimum absolute atomic E-state index is 0.0735. The minimum atomic E-state index is -0.201. The molecule has 0 aliphatic rings. The predicted octanol–water partition coefficient (Wildman–Crippen LogP) is 4.59. The number of carbonyl (C=O) groups excluding carboxylic acids is 1. The summed E-state index contributed by atoms with van der Waals surface area (Å²) in [5.41, 5.74) is 5.13. The van der Waals surface area contributed by atoms with E-state index in [1.54, 1.807) is 6.07 Å². The third-order valence-electron chi connectivity index (χ3n) is 3.39. The molecule has 0 heterocycles.